The van der Waals surface area contributed by atoms with E-state index in [4.69, 9.17) is 4.74 Å². The maximum Gasteiger partial charge on any atom is 0.312 e. The summed E-state index contributed by atoms with van der Waals surface area (Å²) >= 11 is 8.64. The van der Waals surface area contributed by atoms with Gasteiger partial charge in [-0.25, -0.2) is 0 Å². The van der Waals surface area contributed by atoms with E-state index in [1.807, 2.05) is 0 Å². The van der Waals surface area contributed by atoms with Crippen LogP contribution in [0.1, 0.15) is 6.42 Å². The molecule has 0 N–H and O–H groups in total. The predicted octanol–water partition coefficient (Wildman–Crippen LogP) is 2.61. The summed E-state index contributed by atoms with van der Waals surface area (Å²) in [4.78, 5) is 12.2. The molecule has 7 aliphatic rings. The number of carbonyl (C=O) groups excluding carboxylic acids is 1. The van der Waals surface area contributed by atoms with Gasteiger partial charge in [0.1, 0.15) is 0 Å². The quantitative estimate of drug-likeness (QED) is 0.531. The first-order chi connectivity index (χ1) is 9.14. The summed E-state index contributed by atoms with van der Waals surface area (Å²) in [5.41, 5.74) is 0.00156. The Balaban J connectivity index is 1.47. The SMILES string of the molecule is COC(=O)C12C3[C@@H]4[C@H]1C1CC5(SCCS5)C4(Br)[C@H]3[C@@H]12. The topological polar surface area (TPSA) is 26.3 Å². The minimum Gasteiger partial charge on any atom is -0.469 e. The third-order valence-corrected chi connectivity index (χ3v) is 13.5. The maximum absolute atomic E-state index is 12.2. The standard InChI is InChI=1S/C14H15BrO2S2/c1-17-11(16)13-6-5-4-12(18-2-3-19-12)14(15)9(6)8(13)10(14)7(5)13/h5-10H,2-4H2,1H3/t5?,6-,7-,8?,9+,10+,13?,14?/m1/s1. The molecule has 0 aromatic rings. The fourth-order valence-corrected chi connectivity index (χ4v) is 13.1. The molecule has 1 saturated heterocycles. The third-order valence-electron chi connectivity index (χ3n) is 7.48. The fraction of sp³-hybridized carbons (Fsp3) is 0.929. The minimum absolute atomic E-state index is 0.00156. The van der Waals surface area contributed by atoms with Gasteiger partial charge >= 0.3 is 5.97 Å². The summed E-state index contributed by atoms with van der Waals surface area (Å²) in [5, 5.41) is 0. The number of carbonyl (C=O) groups is 1. The summed E-state index contributed by atoms with van der Waals surface area (Å²) in [5.74, 6) is 7.11. The second-order valence-electron chi connectivity index (χ2n) is 7.14. The van der Waals surface area contributed by atoms with Crippen LogP contribution in [0.4, 0.5) is 0 Å². The molecule has 2 bridgehead atoms. The number of ether oxygens (including phenoxy) is 1. The van der Waals surface area contributed by atoms with Crippen molar-refractivity contribution in [3.63, 3.8) is 0 Å². The van der Waals surface area contributed by atoms with Gasteiger partial charge in [0.2, 0.25) is 0 Å². The summed E-state index contributed by atoms with van der Waals surface area (Å²) in [6, 6.07) is 0. The molecule has 19 heavy (non-hydrogen) atoms. The smallest absolute Gasteiger partial charge is 0.312 e. The van der Waals surface area contributed by atoms with Crippen molar-refractivity contribution in [1.29, 1.82) is 0 Å². The molecular weight excluding hydrogens is 344 g/mol. The molecule has 0 unspecified atom stereocenters. The lowest BCUT2D eigenvalue weighted by atomic mass is 9.06. The van der Waals surface area contributed by atoms with Crippen LogP contribution in [0.15, 0.2) is 0 Å². The zero-order chi connectivity index (χ0) is 12.8. The van der Waals surface area contributed by atoms with Gasteiger partial charge in [0.05, 0.1) is 20.9 Å². The normalized spacial score (nSPS) is 67.5. The Bertz CT molecular complexity index is 524. The molecule has 102 valence electrons. The molecular formula is C14H15BrO2S2. The van der Waals surface area contributed by atoms with Crippen LogP contribution in [-0.2, 0) is 9.53 Å². The van der Waals surface area contributed by atoms with Crippen molar-refractivity contribution in [2.45, 2.75) is 14.8 Å². The van der Waals surface area contributed by atoms with Gasteiger partial charge in [0, 0.05) is 11.5 Å². The molecule has 6 aliphatic carbocycles. The van der Waals surface area contributed by atoms with Crippen LogP contribution in [0.5, 0.6) is 0 Å². The molecule has 6 saturated carbocycles. The summed E-state index contributed by atoms with van der Waals surface area (Å²) < 4.78 is 5.94. The van der Waals surface area contributed by atoms with E-state index in [2.05, 4.69) is 39.5 Å². The molecule has 0 amide bonds. The number of hydrogen-bond acceptors (Lipinski definition) is 4. The van der Waals surface area contributed by atoms with E-state index < -0.39 is 0 Å². The monoisotopic (exact) mass is 358 g/mol. The average molecular weight is 359 g/mol. The Morgan fingerprint density at radius 2 is 1.79 bits per heavy atom. The molecule has 0 radical (unpaired) electrons. The molecule has 1 spiro atoms. The van der Waals surface area contributed by atoms with Gasteiger partial charge in [-0.15, -0.1) is 23.5 Å². The zero-order valence-corrected chi connectivity index (χ0v) is 13.8. The van der Waals surface area contributed by atoms with E-state index in [0.717, 1.165) is 17.8 Å². The molecule has 1 heterocycles. The number of halogens is 1. The van der Waals surface area contributed by atoms with Crippen LogP contribution in [0.25, 0.3) is 0 Å². The highest BCUT2D eigenvalue weighted by molar-refractivity contribution is 9.10. The largest absolute Gasteiger partial charge is 0.469 e. The lowest BCUT2D eigenvalue weighted by Gasteiger charge is -3.00. The first-order valence-corrected chi connectivity index (χ1v) is 9.96. The van der Waals surface area contributed by atoms with Crippen molar-refractivity contribution in [2.75, 3.05) is 18.6 Å². The van der Waals surface area contributed by atoms with Gasteiger partial charge in [-0.2, -0.15) is 0 Å². The highest BCUT2D eigenvalue weighted by Gasteiger charge is 3.04. The highest BCUT2D eigenvalue weighted by Crippen LogP contribution is 3.02. The van der Waals surface area contributed by atoms with Crippen LogP contribution in [0, 0.1) is 40.9 Å². The Morgan fingerprint density at radius 1 is 1.16 bits per heavy atom. The number of rotatable bonds is 1. The number of thioether (sulfide) groups is 2. The molecule has 2 nitrogen and oxygen atoms in total. The van der Waals surface area contributed by atoms with Gasteiger partial charge in [-0.3, -0.25) is 4.79 Å². The van der Waals surface area contributed by atoms with Crippen LogP contribution < -0.4 is 0 Å². The Kier molecular flexibility index (Phi) is 1.65. The molecule has 7 rings (SSSR count). The van der Waals surface area contributed by atoms with Crippen molar-refractivity contribution < 1.29 is 9.53 Å². The van der Waals surface area contributed by atoms with E-state index >= 15 is 0 Å². The lowest BCUT2D eigenvalue weighted by molar-refractivity contribution is -0.487. The first kappa shape index (κ1) is 11.2. The van der Waals surface area contributed by atoms with Gasteiger partial charge < -0.3 is 4.74 Å². The number of esters is 1. The van der Waals surface area contributed by atoms with Crippen molar-refractivity contribution in [1.82, 2.24) is 0 Å². The van der Waals surface area contributed by atoms with Crippen LogP contribution >= 0.6 is 39.5 Å². The average Bonchev–Trinajstić information content (AvgIpc) is 2.86. The third kappa shape index (κ3) is 0.705. The minimum atomic E-state index is 0.00156. The van der Waals surface area contributed by atoms with E-state index in [9.17, 15) is 4.79 Å². The van der Waals surface area contributed by atoms with Crippen molar-refractivity contribution >= 4 is 45.4 Å². The van der Waals surface area contributed by atoms with E-state index in [-0.39, 0.29) is 11.4 Å². The Morgan fingerprint density at radius 3 is 2.37 bits per heavy atom. The van der Waals surface area contributed by atoms with E-state index in [0.29, 0.717) is 26.2 Å². The van der Waals surface area contributed by atoms with Crippen molar-refractivity contribution in [2.24, 2.45) is 40.9 Å². The summed E-state index contributed by atoms with van der Waals surface area (Å²) in [6.45, 7) is 0. The van der Waals surface area contributed by atoms with Crippen LogP contribution in [0.3, 0.4) is 0 Å². The Hall–Kier alpha value is 0.650. The molecule has 0 aromatic heterocycles. The Labute approximate surface area is 129 Å². The van der Waals surface area contributed by atoms with Crippen molar-refractivity contribution in [3.8, 4) is 0 Å². The van der Waals surface area contributed by atoms with E-state index in [1.54, 1.807) is 7.11 Å². The van der Waals surface area contributed by atoms with Crippen molar-refractivity contribution in [3.05, 3.63) is 0 Å². The first-order valence-electron chi connectivity index (χ1n) is 7.20. The number of hydrogen-bond donors (Lipinski definition) is 0. The highest BCUT2D eigenvalue weighted by atomic mass is 79.9. The van der Waals surface area contributed by atoms with Crippen LogP contribution in [0.2, 0.25) is 0 Å². The lowest BCUT2D eigenvalue weighted by Crippen LogP contribution is -3.04. The van der Waals surface area contributed by atoms with Crippen LogP contribution in [-0.4, -0.2) is 33.0 Å². The maximum atomic E-state index is 12.2. The molecule has 0 aromatic carbocycles. The second kappa shape index (κ2) is 2.79. The van der Waals surface area contributed by atoms with Gasteiger partial charge in [0.25, 0.3) is 0 Å². The molecule has 4 atom stereocenters. The zero-order valence-electron chi connectivity index (χ0n) is 10.6. The summed E-state index contributed by atoms with van der Waals surface area (Å²) in [7, 11) is 1.57. The predicted molar refractivity (Wildman–Crippen MR) is 79.3 cm³/mol. The molecule has 5 heteroatoms. The van der Waals surface area contributed by atoms with Gasteiger partial charge in [-0.05, 0) is 41.9 Å². The second-order valence-corrected chi connectivity index (χ2v) is 11.5. The fourth-order valence-electron chi connectivity index (χ4n) is 7.39. The van der Waals surface area contributed by atoms with E-state index in [1.165, 1.54) is 17.9 Å². The van der Waals surface area contributed by atoms with Gasteiger partial charge in [0.15, 0.2) is 0 Å². The van der Waals surface area contributed by atoms with Gasteiger partial charge in [-0.1, -0.05) is 15.9 Å². The summed E-state index contributed by atoms with van der Waals surface area (Å²) in [6.07, 6.45) is 1.33. The molecule has 1 aliphatic heterocycles. The molecule has 7 fully saturated rings. The number of methoxy groups -OCH3 is 1. The number of alkyl halides is 1.